The minimum Gasteiger partial charge on any atom is -0.474 e. The average Bonchev–Trinajstić information content (AvgIpc) is 2.26. The highest BCUT2D eigenvalue weighted by atomic mass is 16.5. The molecule has 0 atom stereocenters. The lowest BCUT2D eigenvalue weighted by Crippen LogP contribution is -2.26. The number of hydrogen-bond donors (Lipinski definition) is 1. The minimum absolute atomic E-state index is 0.370. The number of nitrogens with one attached hydrogen (secondary N) is 1. The second-order valence-electron chi connectivity index (χ2n) is 4.60. The number of aryl methyl sites for hydroxylation is 1. The molecule has 0 amide bonds. The third-order valence-electron chi connectivity index (χ3n) is 3.02. The summed E-state index contributed by atoms with van der Waals surface area (Å²) in [6.45, 7) is 5.86. The van der Waals surface area contributed by atoms with Crippen molar-refractivity contribution < 1.29 is 4.74 Å². The Labute approximate surface area is 103 Å². The Morgan fingerprint density at radius 1 is 1.47 bits per heavy atom. The fraction of sp³-hybridized carbons (Fsp3) is 0.692. The highest BCUT2D eigenvalue weighted by Crippen LogP contribution is 2.25. The standard InChI is InChI=1S/C13H21N3O/c1-3-7-14-8-11-9-15-10(2)16-13(11)17-12-5-4-6-12/h9,12,14H,3-8H2,1-2H3. The zero-order valence-corrected chi connectivity index (χ0v) is 10.7. The van der Waals surface area contributed by atoms with Crippen LogP contribution in [-0.2, 0) is 6.54 Å². The van der Waals surface area contributed by atoms with Gasteiger partial charge in [-0.1, -0.05) is 6.92 Å². The number of hydrogen-bond acceptors (Lipinski definition) is 4. The van der Waals surface area contributed by atoms with Crippen molar-refractivity contribution in [2.24, 2.45) is 0 Å². The van der Waals surface area contributed by atoms with Crippen molar-refractivity contribution in [2.45, 2.75) is 52.2 Å². The van der Waals surface area contributed by atoms with E-state index in [1.807, 2.05) is 13.1 Å². The Balaban J connectivity index is 2.01. The van der Waals surface area contributed by atoms with Crippen molar-refractivity contribution in [1.82, 2.24) is 15.3 Å². The van der Waals surface area contributed by atoms with Crippen LogP contribution in [-0.4, -0.2) is 22.6 Å². The molecule has 2 rings (SSSR count). The SMILES string of the molecule is CCCNCc1cnc(C)nc1OC1CCC1. The van der Waals surface area contributed by atoms with Crippen molar-refractivity contribution in [1.29, 1.82) is 0 Å². The van der Waals surface area contributed by atoms with Gasteiger partial charge in [0.05, 0.1) is 0 Å². The van der Waals surface area contributed by atoms with E-state index in [4.69, 9.17) is 4.74 Å². The maximum Gasteiger partial charge on any atom is 0.221 e. The van der Waals surface area contributed by atoms with Crippen molar-refractivity contribution in [3.05, 3.63) is 17.6 Å². The normalized spacial score (nSPS) is 15.6. The first-order valence-electron chi connectivity index (χ1n) is 6.49. The molecule has 1 aromatic rings. The minimum atomic E-state index is 0.370. The summed E-state index contributed by atoms with van der Waals surface area (Å²) in [5.74, 6) is 1.55. The van der Waals surface area contributed by atoms with Gasteiger partial charge >= 0.3 is 0 Å². The van der Waals surface area contributed by atoms with E-state index >= 15 is 0 Å². The Kier molecular flexibility index (Phi) is 4.31. The molecule has 1 aliphatic rings. The molecule has 0 aromatic carbocycles. The van der Waals surface area contributed by atoms with Crippen LogP contribution >= 0.6 is 0 Å². The molecule has 0 aliphatic heterocycles. The quantitative estimate of drug-likeness (QED) is 0.768. The Morgan fingerprint density at radius 2 is 2.29 bits per heavy atom. The molecule has 1 saturated carbocycles. The van der Waals surface area contributed by atoms with Crippen LogP contribution in [0.1, 0.15) is 44.0 Å². The smallest absolute Gasteiger partial charge is 0.221 e. The van der Waals surface area contributed by atoms with Crippen molar-refractivity contribution >= 4 is 0 Å². The molecule has 0 saturated heterocycles. The third-order valence-corrected chi connectivity index (χ3v) is 3.02. The first kappa shape index (κ1) is 12.3. The van der Waals surface area contributed by atoms with Gasteiger partial charge in [-0.2, -0.15) is 4.98 Å². The summed E-state index contributed by atoms with van der Waals surface area (Å²) in [6, 6.07) is 0. The fourth-order valence-electron chi connectivity index (χ4n) is 1.74. The van der Waals surface area contributed by atoms with Gasteiger partial charge in [-0.05, 0) is 39.2 Å². The van der Waals surface area contributed by atoms with E-state index in [2.05, 4.69) is 22.2 Å². The van der Waals surface area contributed by atoms with Gasteiger partial charge in [0, 0.05) is 18.3 Å². The third kappa shape index (κ3) is 3.40. The lowest BCUT2D eigenvalue weighted by atomic mass is 9.96. The largest absolute Gasteiger partial charge is 0.474 e. The summed E-state index contributed by atoms with van der Waals surface area (Å²) < 4.78 is 5.90. The Bertz CT molecular complexity index is 364. The van der Waals surface area contributed by atoms with Crippen molar-refractivity contribution in [3.8, 4) is 5.88 Å². The van der Waals surface area contributed by atoms with E-state index in [0.29, 0.717) is 6.10 Å². The van der Waals surface area contributed by atoms with Gasteiger partial charge in [0.15, 0.2) is 0 Å². The number of rotatable bonds is 6. The van der Waals surface area contributed by atoms with E-state index in [9.17, 15) is 0 Å². The molecule has 0 bridgehead atoms. The van der Waals surface area contributed by atoms with Crippen LogP contribution in [0.25, 0.3) is 0 Å². The summed E-state index contributed by atoms with van der Waals surface area (Å²) in [5, 5.41) is 3.36. The molecule has 0 spiro atoms. The molecule has 1 fully saturated rings. The molecule has 4 heteroatoms. The molecule has 1 heterocycles. The molecule has 1 aromatic heterocycles. The number of nitrogens with zero attached hydrogens (tertiary/aromatic N) is 2. The molecular weight excluding hydrogens is 214 g/mol. The Morgan fingerprint density at radius 3 is 2.94 bits per heavy atom. The van der Waals surface area contributed by atoms with E-state index in [1.165, 1.54) is 6.42 Å². The molecule has 0 unspecified atom stereocenters. The van der Waals surface area contributed by atoms with E-state index in [1.54, 1.807) is 0 Å². The molecule has 17 heavy (non-hydrogen) atoms. The van der Waals surface area contributed by atoms with E-state index in [0.717, 1.165) is 49.6 Å². The molecule has 0 radical (unpaired) electrons. The summed E-state index contributed by atoms with van der Waals surface area (Å²) >= 11 is 0. The molecule has 1 N–H and O–H groups in total. The van der Waals surface area contributed by atoms with Crippen molar-refractivity contribution in [3.63, 3.8) is 0 Å². The highest BCUT2D eigenvalue weighted by Gasteiger charge is 2.21. The number of aromatic nitrogens is 2. The molecule has 94 valence electrons. The zero-order chi connectivity index (χ0) is 12.1. The Hall–Kier alpha value is -1.16. The molecule has 4 nitrogen and oxygen atoms in total. The number of ether oxygens (including phenoxy) is 1. The fourth-order valence-corrected chi connectivity index (χ4v) is 1.74. The van der Waals surface area contributed by atoms with Gasteiger partial charge in [-0.15, -0.1) is 0 Å². The lowest BCUT2D eigenvalue weighted by molar-refractivity contribution is 0.112. The van der Waals surface area contributed by atoms with Gasteiger partial charge in [-0.3, -0.25) is 0 Å². The van der Waals surface area contributed by atoms with Crippen molar-refractivity contribution in [2.75, 3.05) is 6.54 Å². The van der Waals surface area contributed by atoms with Gasteiger partial charge in [0.25, 0.3) is 0 Å². The van der Waals surface area contributed by atoms with E-state index < -0.39 is 0 Å². The highest BCUT2D eigenvalue weighted by molar-refractivity contribution is 5.24. The maximum absolute atomic E-state index is 5.90. The topological polar surface area (TPSA) is 47.0 Å². The van der Waals surface area contributed by atoms with Crippen LogP contribution in [0.15, 0.2) is 6.20 Å². The first-order chi connectivity index (χ1) is 8.29. The molecular formula is C13H21N3O. The van der Waals surface area contributed by atoms with Crippen LogP contribution in [0.2, 0.25) is 0 Å². The monoisotopic (exact) mass is 235 g/mol. The zero-order valence-electron chi connectivity index (χ0n) is 10.7. The van der Waals surface area contributed by atoms with Crippen LogP contribution in [0, 0.1) is 6.92 Å². The van der Waals surface area contributed by atoms with Crippen LogP contribution in [0.4, 0.5) is 0 Å². The van der Waals surface area contributed by atoms with Crippen LogP contribution < -0.4 is 10.1 Å². The summed E-state index contributed by atoms with van der Waals surface area (Å²) in [6.07, 6.45) is 6.97. The second kappa shape index (κ2) is 5.96. The summed E-state index contributed by atoms with van der Waals surface area (Å²) in [4.78, 5) is 8.64. The van der Waals surface area contributed by atoms with Gasteiger partial charge in [0.2, 0.25) is 5.88 Å². The lowest BCUT2D eigenvalue weighted by Gasteiger charge is -2.26. The maximum atomic E-state index is 5.90. The predicted molar refractivity (Wildman–Crippen MR) is 67.0 cm³/mol. The predicted octanol–water partition coefficient (Wildman–Crippen LogP) is 2.22. The molecule has 1 aliphatic carbocycles. The van der Waals surface area contributed by atoms with Gasteiger partial charge in [0.1, 0.15) is 11.9 Å². The average molecular weight is 235 g/mol. The van der Waals surface area contributed by atoms with E-state index in [-0.39, 0.29) is 0 Å². The second-order valence-corrected chi connectivity index (χ2v) is 4.60. The van der Waals surface area contributed by atoms with Crippen LogP contribution in [0.3, 0.4) is 0 Å². The van der Waals surface area contributed by atoms with Gasteiger partial charge < -0.3 is 10.1 Å². The summed E-state index contributed by atoms with van der Waals surface area (Å²) in [5.41, 5.74) is 1.07. The van der Waals surface area contributed by atoms with Crippen LogP contribution in [0.5, 0.6) is 5.88 Å². The van der Waals surface area contributed by atoms with Gasteiger partial charge in [-0.25, -0.2) is 4.98 Å². The first-order valence-corrected chi connectivity index (χ1v) is 6.49. The summed E-state index contributed by atoms with van der Waals surface area (Å²) in [7, 11) is 0.